The number of carbonyl (C=O) groups excluding carboxylic acids is 1. The minimum atomic E-state index is -0.398. The zero-order valence-electron chi connectivity index (χ0n) is 8.83. The fraction of sp³-hybridized carbons (Fsp3) is 0.222. The van der Waals surface area contributed by atoms with E-state index < -0.39 is 5.97 Å². The zero-order valence-corrected chi connectivity index (χ0v) is 10.8. The van der Waals surface area contributed by atoms with Gasteiger partial charge in [0.1, 0.15) is 6.61 Å². The number of hydrogen-bond acceptors (Lipinski definition) is 6. The number of esters is 1. The standard InChI is InChI=1S/C9H10O3.HNO2.Na/c10-6-7-12-9(11)8-4-2-1-3-5-8;2-1-3;/h1-5,10H,6-7H2;(H,2,3);/q;;+1/p-1. The smallest absolute Gasteiger partial charge is 0.460 e. The van der Waals surface area contributed by atoms with Crippen molar-refractivity contribution in [3.05, 3.63) is 46.0 Å². The van der Waals surface area contributed by atoms with Gasteiger partial charge in [0.05, 0.1) is 12.2 Å². The molecule has 0 aliphatic heterocycles. The first-order valence-corrected chi connectivity index (χ1v) is 4.04. The van der Waals surface area contributed by atoms with E-state index in [9.17, 15) is 4.79 Å². The zero-order chi connectivity index (χ0) is 11.5. The summed E-state index contributed by atoms with van der Waals surface area (Å²) in [5, 5.41) is 17.4. The van der Waals surface area contributed by atoms with Gasteiger partial charge < -0.3 is 20.0 Å². The van der Waals surface area contributed by atoms with Crippen LogP contribution in [0, 0.1) is 10.1 Å². The molecule has 7 heteroatoms. The van der Waals surface area contributed by atoms with Crippen molar-refractivity contribution in [3.8, 4) is 0 Å². The van der Waals surface area contributed by atoms with Crippen molar-refractivity contribution in [2.24, 2.45) is 5.34 Å². The van der Waals surface area contributed by atoms with Crippen LogP contribution in [0.3, 0.4) is 0 Å². The van der Waals surface area contributed by atoms with E-state index in [2.05, 4.69) is 4.74 Å². The van der Waals surface area contributed by atoms with Crippen molar-refractivity contribution in [2.45, 2.75) is 0 Å². The van der Waals surface area contributed by atoms with Crippen LogP contribution in [0.2, 0.25) is 0 Å². The summed E-state index contributed by atoms with van der Waals surface area (Å²) in [5.41, 5.74) is 0.506. The molecule has 0 amide bonds. The number of carbonyl (C=O) groups is 1. The largest absolute Gasteiger partial charge is 1.00 e. The second-order valence-electron chi connectivity index (χ2n) is 2.30. The minimum Gasteiger partial charge on any atom is -0.460 e. The topological polar surface area (TPSA) is 99.0 Å². The molecule has 1 N–H and O–H groups in total. The van der Waals surface area contributed by atoms with E-state index in [0.29, 0.717) is 5.56 Å². The van der Waals surface area contributed by atoms with Crippen LogP contribution >= 0.6 is 0 Å². The number of ether oxygens (including phenoxy) is 1. The second-order valence-corrected chi connectivity index (χ2v) is 2.30. The van der Waals surface area contributed by atoms with Crippen LogP contribution in [0.15, 0.2) is 35.7 Å². The second kappa shape index (κ2) is 12.1. The molecule has 0 aromatic heterocycles. The van der Waals surface area contributed by atoms with Gasteiger partial charge in [0.2, 0.25) is 0 Å². The molecule has 0 atom stereocenters. The molecule has 0 radical (unpaired) electrons. The number of aliphatic hydroxyl groups excluding tert-OH is 1. The van der Waals surface area contributed by atoms with Gasteiger partial charge in [0.25, 0.3) is 0 Å². The monoisotopic (exact) mass is 235 g/mol. The third kappa shape index (κ3) is 8.37. The minimum absolute atomic E-state index is 0. The number of nitrogens with zero attached hydrogens (tertiary/aromatic N) is 1. The number of rotatable bonds is 3. The van der Waals surface area contributed by atoms with Gasteiger partial charge in [-0.1, -0.05) is 18.2 Å². The quantitative estimate of drug-likeness (QED) is 0.285. The van der Waals surface area contributed by atoms with Crippen molar-refractivity contribution >= 4 is 5.97 Å². The molecule has 1 aromatic carbocycles. The molecule has 0 heterocycles. The number of hydrogen-bond donors (Lipinski definition) is 1. The summed E-state index contributed by atoms with van der Waals surface area (Å²) in [5.74, 6) is -0.398. The van der Waals surface area contributed by atoms with E-state index in [4.69, 9.17) is 15.2 Å². The molecule has 1 rings (SSSR count). The van der Waals surface area contributed by atoms with Crippen LogP contribution in [0.1, 0.15) is 10.4 Å². The SMILES string of the molecule is O=C(OCCO)c1ccccc1.O=N[O-].[Na+]. The van der Waals surface area contributed by atoms with Crippen molar-refractivity contribution < 1.29 is 44.2 Å². The summed E-state index contributed by atoms with van der Waals surface area (Å²) >= 11 is 0. The van der Waals surface area contributed by atoms with Crippen LogP contribution in [-0.2, 0) is 4.74 Å². The van der Waals surface area contributed by atoms with Crippen molar-refractivity contribution in [1.82, 2.24) is 0 Å². The molecular formula is C9H10NNaO5. The fourth-order valence-electron chi connectivity index (χ4n) is 0.796. The van der Waals surface area contributed by atoms with Crippen LogP contribution < -0.4 is 29.6 Å². The number of aliphatic hydroxyl groups is 1. The maximum Gasteiger partial charge on any atom is 1.00 e. The normalized spacial score (nSPS) is 7.81. The van der Waals surface area contributed by atoms with Gasteiger partial charge in [0, 0.05) is 0 Å². The molecule has 0 saturated carbocycles. The molecule has 0 bridgehead atoms. The van der Waals surface area contributed by atoms with Gasteiger partial charge >= 0.3 is 35.5 Å². The maximum absolute atomic E-state index is 11.1. The molecule has 0 spiro atoms. The van der Waals surface area contributed by atoms with E-state index in [1.165, 1.54) is 0 Å². The first-order valence-electron chi connectivity index (χ1n) is 4.04. The summed E-state index contributed by atoms with van der Waals surface area (Å²) in [6.45, 7) is -0.0910. The molecule has 82 valence electrons. The first-order chi connectivity index (χ1) is 7.26. The summed E-state index contributed by atoms with van der Waals surface area (Å²) < 4.78 is 4.69. The van der Waals surface area contributed by atoms with Gasteiger partial charge in [-0.05, 0) is 12.1 Å². The molecular weight excluding hydrogens is 225 g/mol. The Kier molecular flexibility index (Phi) is 13.2. The van der Waals surface area contributed by atoms with Crippen LogP contribution in [-0.4, -0.2) is 24.3 Å². The van der Waals surface area contributed by atoms with Gasteiger partial charge in [-0.25, -0.2) is 4.79 Å². The molecule has 1 aromatic rings. The Morgan fingerprint density at radius 3 is 2.31 bits per heavy atom. The molecule has 0 saturated heterocycles. The first kappa shape index (κ1) is 17.4. The molecule has 0 fully saturated rings. The van der Waals surface area contributed by atoms with E-state index in [1.807, 2.05) is 6.07 Å². The van der Waals surface area contributed by atoms with Gasteiger partial charge in [-0.2, -0.15) is 0 Å². The van der Waals surface area contributed by atoms with E-state index in [0.717, 1.165) is 5.34 Å². The predicted molar refractivity (Wildman–Crippen MR) is 53.0 cm³/mol. The average molecular weight is 235 g/mol. The summed E-state index contributed by atoms with van der Waals surface area (Å²) in [6.07, 6.45) is 0. The van der Waals surface area contributed by atoms with E-state index in [1.54, 1.807) is 24.3 Å². The van der Waals surface area contributed by atoms with Crippen molar-refractivity contribution in [3.63, 3.8) is 0 Å². The Bertz CT molecular complexity index is 293. The molecule has 0 aliphatic rings. The third-order valence-electron chi connectivity index (χ3n) is 1.33. The van der Waals surface area contributed by atoms with Gasteiger partial charge in [-0.3, -0.25) is 0 Å². The fourth-order valence-corrected chi connectivity index (χ4v) is 0.796. The predicted octanol–water partition coefficient (Wildman–Crippen LogP) is -1.91. The van der Waals surface area contributed by atoms with Crippen LogP contribution in [0.5, 0.6) is 0 Å². The maximum atomic E-state index is 11.1. The number of benzene rings is 1. The van der Waals surface area contributed by atoms with Gasteiger partial charge in [0.15, 0.2) is 0 Å². The van der Waals surface area contributed by atoms with Gasteiger partial charge in [-0.15, -0.1) is 5.34 Å². The summed E-state index contributed by atoms with van der Waals surface area (Å²) in [4.78, 5) is 19.1. The summed E-state index contributed by atoms with van der Waals surface area (Å²) in [7, 11) is 0. The average Bonchev–Trinajstić information content (AvgIpc) is 2.28. The summed E-state index contributed by atoms with van der Waals surface area (Å²) in [6, 6.07) is 8.67. The molecule has 0 aliphatic carbocycles. The Hall–Kier alpha value is -0.950. The Morgan fingerprint density at radius 1 is 1.38 bits per heavy atom. The van der Waals surface area contributed by atoms with E-state index in [-0.39, 0.29) is 42.8 Å². The van der Waals surface area contributed by atoms with E-state index >= 15 is 0 Å². The Morgan fingerprint density at radius 2 is 1.88 bits per heavy atom. The van der Waals surface area contributed by atoms with Crippen LogP contribution in [0.4, 0.5) is 0 Å². The Labute approximate surface area is 114 Å². The molecule has 0 unspecified atom stereocenters. The molecule has 16 heavy (non-hydrogen) atoms. The van der Waals surface area contributed by atoms with Crippen LogP contribution in [0.25, 0.3) is 0 Å². The van der Waals surface area contributed by atoms with Crippen molar-refractivity contribution in [2.75, 3.05) is 13.2 Å². The Balaban J connectivity index is 0. The van der Waals surface area contributed by atoms with Crippen molar-refractivity contribution in [1.29, 1.82) is 0 Å². The third-order valence-corrected chi connectivity index (χ3v) is 1.33. The molecule has 6 nitrogen and oxygen atoms in total.